The van der Waals surface area contributed by atoms with Crippen LogP contribution in [0.1, 0.15) is 37.0 Å². The van der Waals surface area contributed by atoms with Gasteiger partial charge < -0.3 is 15.1 Å². The van der Waals surface area contributed by atoms with Gasteiger partial charge in [0.15, 0.2) is 5.16 Å². The van der Waals surface area contributed by atoms with Crippen molar-refractivity contribution in [2.45, 2.75) is 55.2 Å². The molecule has 2 heterocycles. The highest BCUT2D eigenvalue weighted by Gasteiger charge is 2.27. The minimum Gasteiger partial charge on any atom is -0.467 e. The van der Waals surface area contributed by atoms with Crippen LogP contribution in [0.5, 0.6) is 0 Å². The van der Waals surface area contributed by atoms with Gasteiger partial charge in [-0.05, 0) is 80.0 Å². The Morgan fingerprint density at radius 3 is 2.45 bits per heavy atom. The summed E-state index contributed by atoms with van der Waals surface area (Å²) in [5.41, 5.74) is 1.30. The number of carbonyl (C=O) groups is 2. The van der Waals surface area contributed by atoms with Crippen LogP contribution < -0.4 is 21.3 Å². The summed E-state index contributed by atoms with van der Waals surface area (Å²) in [6.07, 6.45) is 5.18. The number of rotatable bonds is 12. The molecular formula is C31H35N5O6S2. The van der Waals surface area contributed by atoms with Crippen LogP contribution in [0, 0.1) is 11.8 Å². The van der Waals surface area contributed by atoms with Crippen molar-refractivity contribution in [2.24, 2.45) is 17.0 Å². The molecule has 0 saturated heterocycles. The number of primary sulfonamides is 1. The third-order valence-electron chi connectivity index (χ3n) is 7.82. The van der Waals surface area contributed by atoms with Gasteiger partial charge in [-0.15, -0.1) is 0 Å². The van der Waals surface area contributed by atoms with Crippen molar-refractivity contribution in [2.75, 3.05) is 12.3 Å². The number of nitrogens with one attached hydrogen (secondary N) is 2. The molecule has 4 aromatic rings. The number of furan rings is 1. The summed E-state index contributed by atoms with van der Waals surface area (Å²) in [6, 6.07) is 17.0. The fourth-order valence-electron chi connectivity index (χ4n) is 5.39. The summed E-state index contributed by atoms with van der Waals surface area (Å²) in [6.45, 7) is 1.20. The van der Waals surface area contributed by atoms with Crippen LogP contribution in [-0.4, -0.2) is 42.1 Å². The van der Waals surface area contributed by atoms with Crippen molar-refractivity contribution in [3.63, 3.8) is 0 Å². The van der Waals surface area contributed by atoms with Crippen molar-refractivity contribution >= 4 is 44.5 Å². The number of aromatic nitrogens is 2. The highest BCUT2D eigenvalue weighted by molar-refractivity contribution is 7.99. The smallest absolute Gasteiger partial charge is 0.262 e. The first-order valence-electron chi connectivity index (χ1n) is 14.5. The molecule has 44 heavy (non-hydrogen) atoms. The van der Waals surface area contributed by atoms with Crippen LogP contribution in [0.4, 0.5) is 0 Å². The molecule has 0 unspecified atom stereocenters. The van der Waals surface area contributed by atoms with E-state index in [0.29, 0.717) is 47.9 Å². The van der Waals surface area contributed by atoms with E-state index in [0.717, 1.165) is 31.2 Å². The minimum absolute atomic E-state index is 0.0205. The van der Waals surface area contributed by atoms with Gasteiger partial charge in [-0.2, -0.15) is 0 Å². The number of thioether (sulfide) groups is 1. The van der Waals surface area contributed by atoms with Gasteiger partial charge in [0.25, 0.3) is 5.56 Å². The number of carbonyl (C=O) groups excluding carboxylic acids is 2. The van der Waals surface area contributed by atoms with E-state index in [2.05, 4.69) is 10.6 Å². The Kier molecular flexibility index (Phi) is 10.2. The Labute approximate surface area is 259 Å². The largest absolute Gasteiger partial charge is 0.467 e. The van der Waals surface area contributed by atoms with E-state index in [-0.39, 0.29) is 39.9 Å². The Balaban J connectivity index is 1.17. The summed E-state index contributed by atoms with van der Waals surface area (Å²) < 4.78 is 29.8. The van der Waals surface area contributed by atoms with E-state index >= 15 is 0 Å². The van der Waals surface area contributed by atoms with E-state index in [1.165, 1.54) is 23.9 Å². The molecule has 5 rings (SSSR count). The molecule has 2 amide bonds. The Morgan fingerprint density at radius 1 is 1.00 bits per heavy atom. The molecule has 0 radical (unpaired) electrons. The zero-order chi connectivity index (χ0) is 31.1. The normalized spacial score (nSPS) is 16.9. The molecule has 232 valence electrons. The maximum Gasteiger partial charge on any atom is 0.262 e. The summed E-state index contributed by atoms with van der Waals surface area (Å²) in [7, 11) is -3.75. The van der Waals surface area contributed by atoms with E-state index in [9.17, 15) is 22.8 Å². The number of fused-ring (bicyclic) bond motifs is 1. The maximum absolute atomic E-state index is 13.5. The number of sulfonamides is 1. The van der Waals surface area contributed by atoms with Gasteiger partial charge in [0.1, 0.15) is 5.76 Å². The van der Waals surface area contributed by atoms with Crippen LogP contribution >= 0.6 is 11.8 Å². The van der Waals surface area contributed by atoms with E-state index in [1.54, 1.807) is 41.2 Å². The van der Waals surface area contributed by atoms with Crippen LogP contribution in [0.3, 0.4) is 0 Å². The van der Waals surface area contributed by atoms with Gasteiger partial charge >= 0.3 is 0 Å². The van der Waals surface area contributed by atoms with Gasteiger partial charge in [0, 0.05) is 19.0 Å². The summed E-state index contributed by atoms with van der Waals surface area (Å²) >= 11 is 1.22. The van der Waals surface area contributed by atoms with Crippen LogP contribution in [0.2, 0.25) is 0 Å². The molecule has 0 bridgehead atoms. The number of hydrogen-bond donors (Lipinski definition) is 3. The molecule has 2 aromatic carbocycles. The summed E-state index contributed by atoms with van der Waals surface area (Å²) in [5.74, 6) is 0.748. The molecule has 0 spiro atoms. The third kappa shape index (κ3) is 8.16. The molecular weight excluding hydrogens is 603 g/mol. The summed E-state index contributed by atoms with van der Waals surface area (Å²) in [4.78, 5) is 43.7. The van der Waals surface area contributed by atoms with Gasteiger partial charge in [0.2, 0.25) is 21.8 Å². The van der Waals surface area contributed by atoms with Crippen LogP contribution in [0.25, 0.3) is 10.9 Å². The molecule has 1 aliphatic rings. The number of benzene rings is 2. The first-order valence-corrected chi connectivity index (χ1v) is 17.0. The Bertz CT molecular complexity index is 1760. The predicted octanol–water partition coefficient (Wildman–Crippen LogP) is 3.21. The first kappa shape index (κ1) is 31.5. The molecule has 1 fully saturated rings. The average Bonchev–Trinajstić information content (AvgIpc) is 3.54. The number of nitrogens with two attached hydrogens (primary N) is 1. The lowest BCUT2D eigenvalue weighted by Gasteiger charge is -2.28. The molecule has 11 nitrogen and oxygen atoms in total. The van der Waals surface area contributed by atoms with Gasteiger partial charge in [-0.1, -0.05) is 36.0 Å². The minimum atomic E-state index is -3.75. The van der Waals surface area contributed by atoms with Gasteiger partial charge in [-0.3, -0.25) is 19.0 Å². The maximum atomic E-state index is 13.5. The molecule has 0 aliphatic heterocycles. The second-order valence-corrected chi connectivity index (χ2v) is 13.4. The number of hydrogen-bond acceptors (Lipinski definition) is 8. The van der Waals surface area contributed by atoms with Gasteiger partial charge in [-0.25, -0.2) is 18.5 Å². The average molecular weight is 638 g/mol. The first-order chi connectivity index (χ1) is 21.2. The van der Waals surface area contributed by atoms with E-state index in [1.807, 2.05) is 18.2 Å². The topological polar surface area (TPSA) is 166 Å². The fraction of sp³-hybridized carbons (Fsp3) is 0.355. The molecule has 13 heteroatoms. The number of para-hydroxylation sites is 1. The molecule has 1 saturated carbocycles. The quantitative estimate of drug-likeness (QED) is 0.157. The number of amides is 2. The molecule has 0 atom stereocenters. The van der Waals surface area contributed by atoms with Crippen LogP contribution in [-0.2, 0) is 39.1 Å². The van der Waals surface area contributed by atoms with Crippen molar-refractivity contribution in [3.8, 4) is 0 Å². The molecule has 2 aromatic heterocycles. The summed E-state index contributed by atoms with van der Waals surface area (Å²) in [5, 5.41) is 12.0. The van der Waals surface area contributed by atoms with E-state index < -0.39 is 10.0 Å². The third-order valence-corrected chi connectivity index (χ3v) is 9.73. The Morgan fingerprint density at radius 2 is 1.75 bits per heavy atom. The Hall–Kier alpha value is -3.94. The van der Waals surface area contributed by atoms with Gasteiger partial charge in [0.05, 0.1) is 34.4 Å². The second kappa shape index (κ2) is 14.2. The lowest BCUT2D eigenvalue weighted by Crippen LogP contribution is -2.34. The van der Waals surface area contributed by atoms with E-state index in [4.69, 9.17) is 14.5 Å². The predicted molar refractivity (Wildman–Crippen MR) is 167 cm³/mol. The molecule has 1 aliphatic carbocycles. The second-order valence-electron chi connectivity index (χ2n) is 10.9. The fourth-order valence-corrected chi connectivity index (χ4v) is 6.74. The monoisotopic (exact) mass is 637 g/mol. The van der Waals surface area contributed by atoms with Crippen molar-refractivity contribution in [1.82, 2.24) is 20.2 Å². The van der Waals surface area contributed by atoms with Crippen molar-refractivity contribution < 1.29 is 22.4 Å². The zero-order valence-corrected chi connectivity index (χ0v) is 25.7. The standard InChI is InChI=1S/C31H35N5O6S2/c32-44(40,41)25-13-9-21(10-14-25)15-16-33-28(37)20-43-31-35-27-6-2-1-5-26(27)30(39)36(31)19-22-7-11-23(12-8-22)29(38)34-18-24-4-3-17-42-24/h1-6,9-10,13-14,17,22-23H,7-8,11-12,15-16,18-20H2,(H,33,37)(H,34,38)(H2,32,40,41). The highest BCUT2D eigenvalue weighted by Crippen LogP contribution is 2.31. The zero-order valence-electron chi connectivity index (χ0n) is 24.1. The SMILES string of the molecule is NS(=O)(=O)c1ccc(CCNC(=O)CSc2nc3ccccc3c(=O)n2CC2CCC(C(=O)NCc3ccco3)CC2)cc1. The lowest BCUT2D eigenvalue weighted by atomic mass is 9.81. The van der Waals surface area contributed by atoms with Crippen LogP contribution in [0.15, 0.2) is 86.2 Å². The molecule has 4 N–H and O–H groups in total. The highest BCUT2D eigenvalue weighted by atomic mass is 32.2. The van der Waals surface area contributed by atoms with Crippen molar-refractivity contribution in [3.05, 3.63) is 88.6 Å². The van der Waals surface area contributed by atoms with Crippen molar-refractivity contribution in [1.29, 1.82) is 0 Å². The number of nitrogens with zero attached hydrogens (tertiary/aromatic N) is 2. The lowest BCUT2D eigenvalue weighted by molar-refractivity contribution is -0.126.